The molecule has 2 rings (SSSR count). The van der Waals surface area contributed by atoms with E-state index >= 15 is 0 Å². The molecule has 6 nitrogen and oxygen atoms in total. The minimum absolute atomic E-state index is 0.140. The van der Waals surface area contributed by atoms with Crippen molar-refractivity contribution in [3.8, 4) is 0 Å². The van der Waals surface area contributed by atoms with Gasteiger partial charge in [-0.05, 0) is 19.1 Å². The Hall–Kier alpha value is -1.79. The molecule has 3 amide bonds. The molecule has 1 saturated heterocycles. The largest absolute Gasteiger partial charge is 0.396 e. The predicted molar refractivity (Wildman–Crippen MR) is 74.5 cm³/mol. The summed E-state index contributed by atoms with van der Waals surface area (Å²) in [6.45, 7) is 1.32. The predicted octanol–water partition coefficient (Wildman–Crippen LogP) is 1.06. The molecular weight excluding hydrogens is 305 g/mol. The minimum atomic E-state index is -0.754. The van der Waals surface area contributed by atoms with Crippen molar-refractivity contribution in [2.45, 2.75) is 13.0 Å². The number of hydrogen-bond acceptors (Lipinski definition) is 4. The van der Waals surface area contributed by atoms with E-state index < -0.39 is 23.8 Å². The molecule has 1 aromatic carbocycles. The van der Waals surface area contributed by atoms with Gasteiger partial charge in [-0.15, -0.1) is 0 Å². The number of carbonyl (C=O) groups excluding carboxylic acids is 3. The maximum atomic E-state index is 12.4. The first-order valence-electron chi connectivity index (χ1n) is 5.70. The Morgan fingerprint density at radius 1 is 1.35 bits per heavy atom. The van der Waals surface area contributed by atoms with E-state index in [9.17, 15) is 14.4 Å². The van der Waals surface area contributed by atoms with Crippen LogP contribution in [0.15, 0.2) is 12.1 Å². The van der Waals surface area contributed by atoms with Crippen molar-refractivity contribution in [2.75, 3.05) is 12.3 Å². The van der Waals surface area contributed by atoms with E-state index in [1.165, 1.54) is 19.1 Å². The molecule has 1 heterocycles. The van der Waals surface area contributed by atoms with Gasteiger partial charge in [0.05, 0.1) is 15.7 Å². The number of carbonyl (C=O) groups is 3. The van der Waals surface area contributed by atoms with Gasteiger partial charge in [0, 0.05) is 5.56 Å². The van der Waals surface area contributed by atoms with E-state index in [-0.39, 0.29) is 27.8 Å². The lowest BCUT2D eigenvalue weighted by Gasteiger charge is -2.31. The summed E-state index contributed by atoms with van der Waals surface area (Å²) in [5.74, 6) is -1.57. The number of anilines is 1. The standard InChI is InChI=1S/C12H11Cl2N3O3/c1-5-11(19)16-9(18)4-17(5)12(20)6-2-7(13)10(15)8(14)3-6/h2-3,5H,4,15H2,1H3,(H,16,18,19). The third-order valence-electron chi connectivity index (χ3n) is 3.01. The Kier molecular flexibility index (Phi) is 3.87. The Morgan fingerprint density at radius 2 is 1.90 bits per heavy atom. The van der Waals surface area contributed by atoms with Gasteiger partial charge in [0.15, 0.2) is 0 Å². The lowest BCUT2D eigenvalue weighted by atomic mass is 10.1. The van der Waals surface area contributed by atoms with Crippen molar-refractivity contribution >= 4 is 46.6 Å². The highest BCUT2D eigenvalue weighted by molar-refractivity contribution is 6.39. The van der Waals surface area contributed by atoms with Crippen LogP contribution in [0.4, 0.5) is 5.69 Å². The van der Waals surface area contributed by atoms with E-state index in [0.717, 1.165) is 4.90 Å². The molecule has 106 valence electrons. The number of piperazine rings is 1. The molecule has 0 aromatic heterocycles. The van der Waals surface area contributed by atoms with Crippen molar-refractivity contribution in [3.63, 3.8) is 0 Å². The highest BCUT2D eigenvalue weighted by Crippen LogP contribution is 2.29. The lowest BCUT2D eigenvalue weighted by molar-refractivity contribution is -0.138. The highest BCUT2D eigenvalue weighted by atomic mass is 35.5. The normalized spacial score (nSPS) is 18.9. The molecule has 8 heteroatoms. The van der Waals surface area contributed by atoms with E-state index in [2.05, 4.69) is 5.32 Å². The van der Waals surface area contributed by atoms with Crippen molar-refractivity contribution in [1.29, 1.82) is 0 Å². The molecule has 1 atom stereocenters. The van der Waals surface area contributed by atoms with E-state index in [0.29, 0.717) is 0 Å². The van der Waals surface area contributed by atoms with Gasteiger partial charge in [-0.1, -0.05) is 23.2 Å². The molecule has 0 aliphatic carbocycles. The number of halogens is 2. The number of rotatable bonds is 1. The van der Waals surface area contributed by atoms with Crippen LogP contribution in [-0.4, -0.2) is 35.2 Å². The van der Waals surface area contributed by atoms with Crippen molar-refractivity contribution in [2.24, 2.45) is 0 Å². The van der Waals surface area contributed by atoms with Crippen LogP contribution in [0.2, 0.25) is 10.0 Å². The summed E-state index contributed by atoms with van der Waals surface area (Å²) in [6.07, 6.45) is 0. The first-order chi connectivity index (χ1) is 9.31. The molecule has 1 aromatic rings. The molecule has 1 aliphatic rings. The molecule has 1 aliphatic heterocycles. The Morgan fingerprint density at radius 3 is 2.45 bits per heavy atom. The van der Waals surface area contributed by atoms with Crippen LogP contribution in [0.5, 0.6) is 0 Å². The third kappa shape index (κ3) is 2.57. The number of benzene rings is 1. The summed E-state index contributed by atoms with van der Waals surface area (Å²) in [6, 6.07) is 1.96. The summed E-state index contributed by atoms with van der Waals surface area (Å²) < 4.78 is 0. The number of nitrogen functional groups attached to an aromatic ring is 1. The molecular formula is C12H11Cl2N3O3. The lowest BCUT2D eigenvalue weighted by Crippen LogP contribution is -2.58. The van der Waals surface area contributed by atoms with Gasteiger partial charge >= 0.3 is 0 Å². The van der Waals surface area contributed by atoms with Crippen LogP contribution in [-0.2, 0) is 9.59 Å². The van der Waals surface area contributed by atoms with Crippen LogP contribution in [0.3, 0.4) is 0 Å². The molecule has 20 heavy (non-hydrogen) atoms. The second kappa shape index (κ2) is 5.30. The minimum Gasteiger partial charge on any atom is -0.396 e. The topological polar surface area (TPSA) is 92.5 Å². The van der Waals surface area contributed by atoms with Crippen LogP contribution >= 0.6 is 23.2 Å². The van der Waals surface area contributed by atoms with E-state index in [1.54, 1.807) is 0 Å². The van der Waals surface area contributed by atoms with Crippen LogP contribution in [0.1, 0.15) is 17.3 Å². The molecule has 0 saturated carbocycles. The Bertz CT molecular complexity index is 595. The molecule has 1 unspecified atom stereocenters. The van der Waals surface area contributed by atoms with Gasteiger partial charge < -0.3 is 10.6 Å². The summed E-state index contributed by atoms with van der Waals surface area (Å²) in [5, 5.41) is 2.43. The number of nitrogens with two attached hydrogens (primary N) is 1. The van der Waals surface area contributed by atoms with E-state index in [4.69, 9.17) is 28.9 Å². The number of imide groups is 1. The number of hydrogen-bond donors (Lipinski definition) is 2. The summed E-state index contributed by atoms with van der Waals surface area (Å²) >= 11 is 11.7. The average Bonchev–Trinajstić information content (AvgIpc) is 2.38. The van der Waals surface area contributed by atoms with Gasteiger partial charge in [-0.3, -0.25) is 19.7 Å². The number of nitrogens with zero attached hydrogens (tertiary/aromatic N) is 1. The van der Waals surface area contributed by atoms with Gasteiger partial charge in [0.25, 0.3) is 5.91 Å². The Balaban J connectivity index is 2.35. The fourth-order valence-corrected chi connectivity index (χ4v) is 2.32. The molecule has 3 N–H and O–H groups in total. The van der Waals surface area contributed by atoms with E-state index in [1.807, 2.05) is 0 Å². The van der Waals surface area contributed by atoms with Gasteiger partial charge in [-0.2, -0.15) is 0 Å². The molecule has 1 fully saturated rings. The summed E-state index contributed by atoms with van der Waals surface area (Å²) in [7, 11) is 0. The second-order valence-corrected chi connectivity index (χ2v) is 5.19. The number of nitrogens with one attached hydrogen (secondary N) is 1. The SMILES string of the molecule is CC1C(=O)NC(=O)CN1C(=O)c1cc(Cl)c(N)c(Cl)c1. The highest BCUT2D eigenvalue weighted by Gasteiger charge is 2.34. The summed E-state index contributed by atoms with van der Waals surface area (Å²) in [4.78, 5) is 36.4. The second-order valence-electron chi connectivity index (χ2n) is 4.38. The molecule has 0 bridgehead atoms. The maximum Gasteiger partial charge on any atom is 0.255 e. The van der Waals surface area contributed by atoms with Gasteiger partial charge in [-0.25, -0.2) is 0 Å². The fourth-order valence-electron chi connectivity index (χ4n) is 1.84. The quantitative estimate of drug-likeness (QED) is 0.598. The van der Waals surface area contributed by atoms with Crippen molar-refractivity contribution in [1.82, 2.24) is 10.2 Å². The third-order valence-corrected chi connectivity index (χ3v) is 3.64. The average molecular weight is 316 g/mol. The van der Waals surface area contributed by atoms with Crippen LogP contribution in [0, 0.1) is 0 Å². The first kappa shape index (κ1) is 14.6. The van der Waals surface area contributed by atoms with Gasteiger partial charge in [0.2, 0.25) is 11.8 Å². The smallest absolute Gasteiger partial charge is 0.255 e. The Labute approximate surface area is 124 Å². The van der Waals surface area contributed by atoms with Crippen molar-refractivity contribution < 1.29 is 14.4 Å². The number of amides is 3. The van der Waals surface area contributed by atoms with Crippen LogP contribution < -0.4 is 11.1 Å². The van der Waals surface area contributed by atoms with Gasteiger partial charge in [0.1, 0.15) is 12.6 Å². The van der Waals surface area contributed by atoms with Crippen LogP contribution in [0.25, 0.3) is 0 Å². The maximum absolute atomic E-state index is 12.4. The monoisotopic (exact) mass is 315 g/mol. The fraction of sp³-hybridized carbons (Fsp3) is 0.250. The molecule has 0 radical (unpaired) electrons. The molecule has 0 spiro atoms. The summed E-state index contributed by atoms with van der Waals surface area (Å²) in [5.41, 5.74) is 5.94. The van der Waals surface area contributed by atoms with Crippen molar-refractivity contribution in [3.05, 3.63) is 27.7 Å². The zero-order valence-electron chi connectivity index (χ0n) is 10.4. The zero-order chi connectivity index (χ0) is 15.0. The zero-order valence-corrected chi connectivity index (χ0v) is 12.0. The first-order valence-corrected chi connectivity index (χ1v) is 6.46.